The average Bonchev–Trinajstić information content (AvgIpc) is 3.08. The molecule has 2 aliphatic heterocycles. The maximum atomic E-state index is 11.8. The van der Waals surface area contributed by atoms with Gasteiger partial charge in [0.25, 0.3) is 0 Å². The van der Waals surface area contributed by atoms with Crippen molar-refractivity contribution in [3.63, 3.8) is 0 Å². The van der Waals surface area contributed by atoms with Gasteiger partial charge in [-0.05, 0) is 24.0 Å². The second kappa shape index (κ2) is 16.6. The van der Waals surface area contributed by atoms with E-state index in [-0.39, 0.29) is 29.4 Å². The van der Waals surface area contributed by atoms with Crippen molar-refractivity contribution in [2.45, 2.75) is 39.5 Å². The Morgan fingerprint density at radius 2 is 1.12 bits per heavy atom. The van der Waals surface area contributed by atoms with Crippen LogP contribution in [0.2, 0.25) is 0 Å². The monoisotopic (exact) mass is 764 g/mol. The van der Waals surface area contributed by atoms with Gasteiger partial charge in [-0.1, -0.05) is 27.7 Å². The lowest BCUT2D eigenvalue weighted by atomic mass is 10.0. The van der Waals surface area contributed by atoms with Gasteiger partial charge in [0.05, 0.1) is 44.3 Å². The predicted octanol–water partition coefficient (Wildman–Crippen LogP) is 3.25. The van der Waals surface area contributed by atoms with E-state index in [0.717, 1.165) is 22.5 Å². The van der Waals surface area contributed by atoms with Gasteiger partial charge in [0, 0.05) is 75.6 Å². The Labute approximate surface area is 307 Å². The molecule has 3 heterocycles. The van der Waals surface area contributed by atoms with Crippen molar-refractivity contribution in [1.29, 1.82) is 0 Å². The van der Waals surface area contributed by atoms with Crippen molar-refractivity contribution in [2.75, 3.05) is 100 Å². The van der Waals surface area contributed by atoms with Gasteiger partial charge in [-0.15, -0.1) is 0 Å². The highest BCUT2D eigenvalue weighted by Gasteiger charge is 2.28. The Balaban J connectivity index is 0.000000244. The van der Waals surface area contributed by atoms with E-state index in [0.29, 0.717) is 75.4 Å². The van der Waals surface area contributed by atoms with Crippen molar-refractivity contribution >= 4 is 43.2 Å². The zero-order valence-electron chi connectivity index (χ0n) is 31.2. The van der Waals surface area contributed by atoms with E-state index in [1.54, 1.807) is 20.3 Å². The first-order valence-electron chi connectivity index (χ1n) is 16.9. The van der Waals surface area contributed by atoms with Crippen LogP contribution in [-0.2, 0) is 20.0 Å². The summed E-state index contributed by atoms with van der Waals surface area (Å²) in [5, 5.41) is 10.2. The van der Waals surface area contributed by atoms with Crippen LogP contribution in [0.5, 0.6) is 28.7 Å². The third kappa shape index (κ3) is 9.78. The largest absolute Gasteiger partial charge is 0.508 e. The van der Waals surface area contributed by atoms with Crippen LogP contribution >= 0.6 is 0 Å². The third-order valence-electron chi connectivity index (χ3n) is 9.00. The molecule has 0 unspecified atom stereocenters. The molecule has 2 fully saturated rings. The number of sulfonamides is 2. The number of hydrogen-bond donors (Lipinski definition) is 3. The molecular formula is C34H52N8O8S2. The summed E-state index contributed by atoms with van der Waals surface area (Å²) in [5.74, 6) is 3.13. The van der Waals surface area contributed by atoms with Gasteiger partial charge in [0.1, 0.15) is 23.0 Å². The van der Waals surface area contributed by atoms with Crippen LogP contribution in [0.15, 0.2) is 30.5 Å². The Morgan fingerprint density at radius 3 is 1.52 bits per heavy atom. The summed E-state index contributed by atoms with van der Waals surface area (Å²) in [6, 6.07) is 7.40. The van der Waals surface area contributed by atoms with E-state index in [1.807, 2.05) is 36.9 Å². The first-order valence-corrected chi connectivity index (χ1v) is 20.6. The molecule has 52 heavy (non-hydrogen) atoms. The van der Waals surface area contributed by atoms with Crippen LogP contribution in [-0.4, -0.2) is 120 Å². The number of ether oxygens (including phenoxy) is 3. The van der Waals surface area contributed by atoms with Gasteiger partial charge in [-0.3, -0.25) is 0 Å². The molecule has 0 aliphatic carbocycles. The number of methoxy groups -OCH3 is 2. The lowest BCUT2D eigenvalue weighted by Crippen LogP contribution is -2.48. The third-order valence-corrected chi connectivity index (χ3v) is 11.6. The number of nitrogens with two attached hydrogens (primary N) is 2. The Bertz CT molecular complexity index is 1930. The van der Waals surface area contributed by atoms with Gasteiger partial charge >= 0.3 is 0 Å². The minimum Gasteiger partial charge on any atom is -0.508 e. The second-order valence-corrected chi connectivity index (χ2v) is 17.3. The van der Waals surface area contributed by atoms with Crippen LogP contribution in [0.1, 0.15) is 50.7 Å². The van der Waals surface area contributed by atoms with Gasteiger partial charge in [-0.25, -0.2) is 21.8 Å². The van der Waals surface area contributed by atoms with Gasteiger partial charge in [0.15, 0.2) is 11.6 Å². The van der Waals surface area contributed by atoms with Gasteiger partial charge < -0.3 is 40.6 Å². The topological polar surface area (TPSA) is 207 Å². The zero-order chi connectivity index (χ0) is 38.5. The molecule has 16 nitrogen and oxygen atoms in total. The van der Waals surface area contributed by atoms with E-state index in [4.69, 9.17) is 25.7 Å². The molecule has 2 aliphatic rings. The quantitative estimate of drug-likeness (QED) is 0.271. The molecular weight excluding hydrogens is 713 g/mol. The van der Waals surface area contributed by atoms with Gasteiger partial charge in [0.2, 0.25) is 26.0 Å². The molecule has 2 saturated heterocycles. The van der Waals surface area contributed by atoms with Gasteiger partial charge in [-0.2, -0.15) is 13.6 Å². The minimum absolute atomic E-state index is 0.0723. The van der Waals surface area contributed by atoms with E-state index in [2.05, 4.69) is 28.7 Å². The average molecular weight is 765 g/mol. The Kier molecular flexibility index (Phi) is 12.9. The molecule has 0 bridgehead atoms. The highest BCUT2D eigenvalue weighted by molar-refractivity contribution is 7.88. The number of rotatable bonds is 10. The van der Waals surface area contributed by atoms with E-state index in [1.165, 1.54) is 27.3 Å². The summed E-state index contributed by atoms with van der Waals surface area (Å²) in [7, 11) is -3.14. The van der Waals surface area contributed by atoms with E-state index >= 15 is 0 Å². The maximum Gasteiger partial charge on any atom is 0.222 e. The first kappa shape index (κ1) is 40.5. The van der Waals surface area contributed by atoms with Crippen molar-refractivity contribution in [1.82, 2.24) is 18.6 Å². The lowest BCUT2D eigenvalue weighted by molar-refractivity contribution is 0.379. The number of phenolic OH excluding ortho intramolecular Hbond substituents is 1. The zero-order valence-corrected chi connectivity index (χ0v) is 32.8. The maximum absolute atomic E-state index is 11.8. The minimum atomic E-state index is -3.21. The number of piperazine rings is 2. The molecule has 3 aromatic rings. The number of nitrogen functional groups attached to an aromatic ring is 2. The fourth-order valence-corrected chi connectivity index (χ4v) is 7.73. The molecule has 0 saturated carbocycles. The number of hydrogen-bond acceptors (Lipinski definition) is 14. The molecule has 288 valence electrons. The molecule has 5 rings (SSSR count). The molecule has 18 heteroatoms. The number of aromatic nitrogens is 2. The fourth-order valence-electron chi connectivity index (χ4n) is 6.08. The van der Waals surface area contributed by atoms with E-state index in [9.17, 15) is 21.9 Å². The smallest absolute Gasteiger partial charge is 0.222 e. The second-order valence-electron chi connectivity index (χ2n) is 13.3. The molecule has 0 radical (unpaired) electrons. The SMILES string of the molecule is COc1cc(C(C)C)c(O)cc1N1CCN(S(C)(=O)=O)CC1.COc1cc(C(C)C)c(Oc2cnc(N)nc2N)cc1N1CCN(S(C)(=O)=O)CC1. The fraction of sp³-hybridized carbons (Fsp3) is 0.529. The normalized spacial score (nSPS) is 16.1. The summed E-state index contributed by atoms with van der Waals surface area (Å²) in [6.45, 7) is 12.0. The summed E-state index contributed by atoms with van der Waals surface area (Å²) in [4.78, 5) is 12.0. The van der Waals surface area contributed by atoms with Crippen LogP contribution in [0.3, 0.4) is 0 Å². The number of benzene rings is 2. The van der Waals surface area contributed by atoms with Crippen molar-refractivity contribution in [3.05, 3.63) is 41.6 Å². The standard InChI is InChI=1S/C19H28N6O4S.C15H24N2O4S/c1-12(2)13-9-16(28-3)14(24-5-7-25(8-6-24)30(4,26)27)10-15(13)29-17-11-22-19(21)23-18(17)20;1-11(2)12-9-15(21-3)13(10-14(12)18)16-5-7-17(8-6-16)22(4,19)20/h9-12H,5-8H2,1-4H3,(H4,20,21,22,23);9-11,18H,5-8H2,1-4H3. The van der Waals surface area contributed by atoms with Crippen LogP contribution in [0, 0.1) is 0 Å². The summed E-state index contributed by atoms with van der Waals surface area (Å²) < 4.78 is 66.9. The van der Waals surface area contributed by atoms with E-state index < -0.39 is 20.0 Å². The summed E-state index contributed by atoms with van der Waals surface area (Å²) >= 11 is 0. The van der Waals surface area contributed by atoms with Crippen molar-refractivity contribution in [2.24, 2.45) is 0 Å². The highest BCUT2D eigenvalue weighted by Crippen LogP contribution is 2.42. The summed E-state index contributed by atoms with van der Waals surface area (Å²) in [6.07, 6.45) is 3.90. The Morgan fingerprint density at radius 1 is 0.673 bits per heavy atom. The van der Waals surface area contributed by atoms with Crippen molar-refractivity contribution in [3.8, 4) is 28.7 Å². The lowest BCUT2D eigenvalue weighted by Gasteiger charge is -2.35. The summed E-state index contributed by atoms with van der Waals surface area (Å²) in [5.41, 5.74) is 14.9. The molecule has 0 amide bonds. The molecule has 0 spiro atoms. The van der Waals surface area contributed by atoms with Crippen LogP contribution in [0.4, 0.5) is 23.1 Å². The first-order chi connectivity index (χ1) is 24.3. The van der Waals surface area contributed by atoms with Crippen LogP contribution in [0.25, 0.3) is 0 Å². The number of phenols is 1. The number of nitrogens with zero attached hydrogens (tertiary/aromatic N) is 6. The highest BCUT2D eigenvalue weighted by atomic mass is 32.2. The van der Waals surface area contributed by atoms with Crippen LogP contribution < -0.4 is 35.5 Å². The van der Waals surface area contributed by atoms with Crippen molar-refractivity contribution < 1.29 is 36.2 Å². The molecule has 1 aromatic heterocycles. The predicted molar refractivity (Wildman–Crippen MR) is 204 cm³/mol. The molecule has 5 N–H and O–H groups in total. The number of aromatic hydroxyl groups is 1. The number of anilines is 4. The molecule has 2 aromatic carbocycles. The Hall–Kier alpha value is -4.26. The molecule has 0 atom stereocenters.